The number of nitrogens with one attached hydrogen (secondary N) is 4. The summed E-state index contributed by atoms with van der Waals surface area (Å²) in [6.07, 6.45) is 5.74. The van der Waals surface area contributed by atoms with E-state index >= 15 is 0 Å². The number of para-hydroxylation sites is 1. The molecule has 1 aromatic carbocycles. The van der Waals surface area contributed by atoms with E-state index in [1.54, 1.807) is 13.2 Å². The van der Waals surface area contributed by atoms with Crippen LogP contribution in [0, 0.1) is 0 Å². The van der Waals surface area contributed by atoms with E-state index in [4.69, 9.17) is 21.1 Å². The van der Waals surface area contributed by atoms with Gasteiger partial charge in [-0.3, -0.25) is 4.79 Å². The third-order valence-electron chi connectivity index (χ3n) is 6.09. The van der Waals surface area contributed by atoms with Gasteiger partial charge in [-0.25, -0.2) is 4.57 Å². The summed E-state index contributed by atoms with van der Waals surface area (Å²) in [5, 5.41) is 10.2. The highest BCUT2D eigenvalue weighted by molar-refractivity contribution is 6.32. The fourth-order valence-electron chi connectivity index (χ4n) is 4.23. The van der Waals surface area contributed by atoms with Crippen LogP contribution in [0.4, 0.5) is 11.4 Å². The van der Waals surface area contributed by atoms with Crippen LogP contribution in [0.1, 0.15) is 22.5 Å². The summed E-state index contributed by atoms with van der Waals surface area (Å²) in [5.41, 5.74) is 4.49. The highest BCUT2D eigenvalue weighted by atomic mass is 35.5. The van der Waals surface area contributed by atoms with Crippen LogP contribution in [-0.4, -0.2) is 43.7 Å². The van der Waals surface area contributed by atoms with Gasteiger partial charge in [0.1, 0.15) is 13.7 Å². The first kappa shape index (κ1) is 21.6. The molecule has 0 radical (unpaired) electrons. The quantitative estimate of drug-likeness (QED) is 0.400. The van der Waals surface area contributed by atoms with Gasteiger partial charge in [0.2, 0.25) is 6.20 Å². The van der Waals surface area contributed by atoms with E-state index in [0.29, 0.717) is 53.3 Å². The minimum absolute atomic E-state index is 0.120. The third kappa shape index (κ3) is 4.12. The number of H-pyrrole nitrogens is 1. The number of methoxy groups -OCH3 is 1. The monoisotopic (exact) mass is 468 g/mol. The third-order valence-corrected chi connectivity index (χ3v) is 6.39. The molecule has 0 aliphatic carbocycles. The van der Waals surface area contributed by atoms with Crippen molar-refractivity contribution in [2.75, 3.05) is 32.1 Å². The molecule has 3 aromatic rings. The molecule has 172 valence electrons. The van der Waals surface area contributed by atoms with Crippen molar-refractivity contribution < 1.29 is 18.8 Å². The first-order valence-electron chi connectivity index (χ1n) is 11.0. The molecule has 33 heavy (non-hydrogen) atoms. The van der Waals surface area contributed by atoms with Crippen molar-refractivity contribution in [2.24, 2.45) is 7.05 Å². The maximum Gasteiger partial charge on any atom is 0.255 e. The topological polar surface area (TPSA) is 91.3 Å². The number of aryl methyl sites for hydroxylation is 1. The number of amides is 1. The van der Waals surface area contributed by atoms with E-state index in [-0.39, 0.29) is 5.91 Å². The highest BCUT2D eigenvalue weighted by Gasteiger charge is 2.29. The molecule has 4 N–H and O–H groups in total. The largest absolute Gasteiger partial charge is 0.493 e. The van der Waals surface area contributed by atoms with Gasteiger partial charge >= 0.3 is 0 Å². The molecule has 2 aliphatic heterocycles. The molecule has 0 unspecified atom stereocenters. The van der Waals surface area contributed by atoms with Gasteiger partial charge < -0.3 is 30.4 Å². The Bertz CT molecular complexity index is 1210. The summed E-state index contributed by atoms with van der Waals surface area (Å²) < 4.78 is 13.7. The van der Waals surface area contributed by atoms with Crippen molar-refractivity contribution in [3.8, 4) is 22.8 Å². The number of ether oxygens (including phenoxy) is 2. The van der Waals surface area contributed by atoms with Crippen LogP contribution < -0.4 is 30.0 Å². The first-order chi connectivity index (χ1) is 16.0. The number of pyridine rings is 1. The Morgan fingerprint density at radius 2 is 2.12 bits per heavy atom. The van der Waals surface area contributed by atoms with Crippen LogP contribution in [0.15, 0.2) is 36.7 Å². The lowest BCUT2D eigenvalue weighted by Crippen LogP contribution is -2.46. The molecular formula is C24H27ClN5O3+. The van der Waals surface area contributed by atoms with Crippen molar-refractivity contribution in [2.45, 2.75) is 18.9 Å². The molecule has 1 amide bonds. The Labute approximate surface area is 197 Å². The molecule has 8 nitrogen and oxygen atoms in total. The Kier molecular flexibility index (Phi) is 5.86. The minimum atomic E-state index is -0.120. The Morgan fingerprint density at radius 3 is 2.88 bits per heavy atom. The van der Waals surface area contributed by atoms with E-state index in [0.717, 1.165) is 35.7 Å². The molecular weight excluding hydrogens is 442 g/mol. The van der Waals surface area contributed by atoms with Crippen molar-refractivity contribution in [1.82, 2.24) is 15.6 Å². The molecule has 0 bridgehead atoms. The van der Waals surface area contributed by atoms with Crippen LogP contribution in [-0.2, 0) is 13.5 Å². The number of aromatic nitrogens is 2. The number of carbonyl (C=O) groups is 1. The van der Waals surface area contributed by atoms with Gasteiger partial charge in [-0.05, 0) is 25.1 Å². The van der Waals surface area contributed by atoms with Gasteiger partial charge in [0.05, 0.1) is 40.3 Å². The minimum Gasteiger partial charge on any atom is -0.493 e. The van der Waals surface area contributed by atoms with Crippen LogP contribution in [0.25, 0.3) is 11.3 Å². The van der Waals surface area contributed by atoms with E-state index in [2.05, 4.69) is 20.9 Å². The number of halogens is 1. The average molecular weight is 469 g/mol. The lowest BCUT2D eigenvalue weighted by molar-refractivity contribution is -0.671. The Hall–Kier alpha value is -3.23. The smallest absolute Gasteiger partial charge is 0.255 e. The fourth-order valence-corrected chi connectivity index (χ4v) is 4.48. The van der Waals surface area contributed by atoms with Gasteiger partial charge in [-0.1, -0.05) is 17.7 Å². The van der Waals surface area contributed by atoms with Crippen LogP contribution in [0.3, 0.4) is 0 Å². The zero-order valence-electron chi connectivity index (χ0n) is 18.6. The van der Waals surface area contributed by atoms with Crippen molar-refractivity contribution in [3.63, 3.8) is 0 Å². The number of hydrogen-bond donors (Lipinski definition) is 4. The molecule has 1 saturated heterocycles. The number of anilines is 2. The van der Waals surface area contributed by atoms with Gasteiger partial charge in [0.25, 0.3) is 5.91 Å². The van der Waals surface area contributed by atoms with E-state index in [1.165, 1.54) is 0 Å². The summed E-state index contributed by atoms with van der Waals surface area (Å²) in [4.78, 5) is 16.4. The summed E-state index contributed by atoms with van der Waals surface area (Å²) in [6, 6.07) is 7.84. The van der Waals surface area contributed by atoms with Gasteiger partial charge in [-0.15, -0.1) is 0 Å². The van der Waals surface area contributed by atoms with E-state index in [1.807, 2.05) is 42.2 Å². The standard InChI is InChI=1S/C24H26ClN5O3/c1-30-11-8-15(19(12-30)33-13-14-6-9-26-14)21-22(20-17(28-21)7-10-27-24(20)31)29-18-5-3-4-16(25)23(18)32-2/h3-5,8,11-12,14,26H,6-7,9-10,13H2,1-2H3,(H2,27,28,29,31)/p+1/t14-/m1/s1. The number of nitrogens with zero attached hydrogens (tertiary/aromatic N) is 1. The number of fused-ring (bicyclic) bond motifs is 1. The maximum absolute atomic E-state index is 12.9. The van der Waals surface area contributed by atoms with Crippen molar-refractivity contribution >= 4 is 28.9 Å². The second-order valence-corrected chi connectivity index (χ2v) is 8.73. The number of carbonyl (C=O) groups excluding carboxylic acids is 1. The molecule has 1 atom stereocenters. The van der Waals surface area contributed by atoms with E-state index in [9.17, 15) is 4.79 Å². The van der Waals surface area contributed by atoms with Crippen LogP contribution in [0.5, 0.6) is 11.5 Å². The van der Waals surface area contributed by atoms with Crippen LogP contribution >= 0.6 is 11.6 Å². The zero-order chi connectivity index (χ0) is 22.9. The molecule has 5 rings (SSSR count). The second-order valence-electron chi connectivity index (χ2n) is 8.32. The number of aromatic amines is 1. The molecule has 2 aromatic heterocycles. The number of benzene rings is 1. The lowest BCUT2D eigenvalue weighted by Gasteiger charge is -2.27. The molecule has 0 spiro atoms. The highest BCUT2D eigenvalue weighted by Crippen LogP contribution is 2.42. The van der Waals surface area contributed by atoms with Gasteiger partial charge in [-0.2, -0.15) is 0 Å². The second kappa shape index (κ2) is 8.96. The SMILES string of the molecule is COc1c(Cl)cccc1Nc1c(-c2cc[n+](C)cc2OC[C@H]2CCN2)[nH]c2c1C(=O)NCC2. The zero-order valence-corrected chi connectivity index (χ0v) is 19.4. The molecule has 0 saturated carbocycles. The van der Waals surface area contributed by atoms with Gasteiger partial charge in [0.15, 0.2) is 17.7 Å². The fraction of sp³-hybridized carbons (Fsp3) is 0.333. The summed E-state index contributed by atoms with van der Waals surface area (Å²) >= 11 is 6.35. The predicted octanol–water partition coefficient (Wildman–Crippen LogP) is 2.94. The Morgan fingerprint density at radius 1 is 1.27 bits per heavy atom. The summed E-state index contributed by atoms with van der Waals surface area (Å²) in [6.45, 7) is 2.20. The van der Waals surface area contributed by atoms with Crippen molar-refractivity contribution in [1.29, 1.82) is 0 Å². The normalized spacial score (nSPS) is 17.1. The summed E-state index contributed by atoms with van der Waals surface area (Å²) in [5.74, 6) is 1.14. The average Bonchev–Trinajstić information content (AvgIpc) is 3.12. The number of rotatable bonds is 7. The molecule has 2 aliphatic rings. The molecule has 1 fully saturated rings. The molecule has 4 heterocycles. The van der Waals surface area contributed by atoms with Gasteiger partial charge in [0, 0.05) is 30.8 Å². The Balaban J connectivity index is 1.62. The lowest BCUT2D eigenvalue weighted by atomic mass is 10.0. The first-order valence-corrected chi connectivity index (χ1v) is 11.4. The van der Waals surface area contributed by atoms with E-state index < -0.39 is 0 Å². The number of hydrogen-bond acceptors (Lipinski definition) is 5. The predicted molar refractivity (Wildman–Crippen MR) is 127 cm³/mol. The maximum atomic E-state index is 12.9. The van der Waals surface area contributed by atoms with Crippen LogP contribution in [0.2, 0.25) is 5.02 Å². The molecule has 9 heteroatoms. The van der Waals surface area contributed by atoms with Crippen molar-refractivity contribution in [3.05, 3.63) is 52.9 Å². The summed E-state index contributed by atoms with van der Waals surface area (Å²) in [7, 11) is 3.53.